The van der Waals surface area contributed by atoms with Crippen LogP contribution in [0.3, 0.4) is 0 Å². The first-order chi connectivity index (χ1) is 11.7. The van der Waals surface area contributed by atoms with E-state index in [4.69, 9.17) is 0 Å². The number of hydrogen-bond acceptors (Lipinski definition) is 3. The van der Waals surface area contributed by atoms with Crippen LogP contribution in [0, 0.1) is 6.92 Å². The van der Waals surface area contributed by atoms with Crippen molar-refractivity contribution in [1.82, 2.24) is 19.7 Å². The van der Waals surface area contributed by atoms with Gasteiger partial charge in [0.1, 0.15) is 5.82 Å². The predicted octanol–water partition coefficient (Wildman–Crippen LogP) is 3.48. The van der Waals surface area contributed by atoms with E-state index in [2.05, 4.69) is 15.1 Å². The topological polar surface area (TPSA) is 63.6 Å². The first kappa shape index (κ1) is 14.4. The van der Waals surface area contributed by atoms with Crippen molar-refractivity contribution in [3.8, 4) is 5.69 Å². The Kier molecular flexibility index (Phi) is 3.46. The van der Waals surface area contributed by atoms with E-state index in [1.54, 1.807) is 4.68 Å². The lowest BCUT2D eigenvalue weighted by Crippen LogP contribution is -2.05. The van der Waals surface area contributed by atoms with Crippen LogP contribution in [0.5, 0.6) is 0 Å². The number of carbonyl (C=O) groups excluding carboxylic acids is 1. The lowest BCUT2D eigenvalue weighted by molar-refractivity contribution is 0.0991. The van der Waals surface area contributed by atoms with E-state index < -0.39 is 0 Å². The number of fused-ring (bicyclic) bond motifs is 1. The molecule has 118 valence electrons. The SMILES string of the molecule is Cc1nc(CC(=O)c2ccc3[nH]ccc3c2)nn1-c1ccccc1. The minimum atomic E-state index is 0.0170. The zero-order valence-electron chi connectivity index (χ0n) is 13.2. The molecule has 4 rings (SSSR count). The quantitative estimate of drug-likeness (QED) is 0.586. The lowest BCUT2D eigenvalue weighted by Gasteiger charge is -2.01. The monoisotopic (exact) mass is 316 g/mol. The van der Waals surface area contributed by atoms with Crippen LogP contribution in [-0.4, -0.2) is 25.5 Å². The molecule has 0 radical (unpaired) electrons. The Morgan fingerprint density at radius 3 is 2.79 bits per heavy atom. The Morgan fingerprint density at radius 1 is 1.12 bits per heavy atom. The van der Waals surface area contributed by atoms with Crippen molar-refractivity contribution in [2.24, 2.45) is 0 Å². The second-order valence-corrected chi connectivity index (χ2v) is 5.70. The molecule has 0 saturated heterocycles. The standard InChI is InChI=1S/C19H16N4O/c1-13-21-19(22-23(13)16-5-3-2-4-6-16)12-18(24)15-7-8-17-14(11-15)9-10-20-17/h2-11,20H,12H2,1H3. The highest BCUT2D eigenvalue weighted by Gasteiger charge is 2.14. The summed E-state index contributed by atoms with van der Waals surface area (Å²) in [7, 11) is 0. The molecule has 0 fully saturated rings. The second kappa shape index (κ2) is 5.77. The van der Waals surface area contributed by atoms with Gasteiger partial charge >= 0.3 is 0 Å². The molecule has 2 aromatic carbocycles. The number of H-pyrrole nitrogens is 1. The highest BCUT2D eigenvalue weighted by molar-refractivity contribution is 6.00. The zero-order valence-corrected chi connectivity index (χ0v) is 13.2. The summed E-state index contributed by atoms with van der Waals surface area (Å²) in [5.41, 5.74) is 2.64. The van der Waals surface area contributed by atoms with Crippen LogP contribution in [0.4, 0.5) is 0 Å². The Morgan fingerprint density at radius 2 is 1.96 bits per heavy atom. The van der Waals surface area contributed by atoms with Crippen LogP contribution in [0.25, 0.3) is 16.6 Å². The maximum Gasteiger partial charge on any atom is 0.170 e. The van der Waals surface area contributed by atoms with E-state index in [9.17, 15) is 4.79 Å². The van der Waals surface area contributed by atoms with Gasteiger partial charge in [0.2, 0.25) is 0 Å². The minimum Gasteiger partial charge on any atom is -0.361 e. The third-order valence-corrected chi connectivity index (χ3v) is 4.01. The lowest BCUT2D eigenvalue weighted by atomic mass is 10.1. The fraction of sp³-hybridized carbons (Fsp3) is 0.105. The molecule has 0 unspecified atom stereocenters. The molecule has 2 aromatic heterocycles. The van der Waals surface area contributed by atoms with Crippen molar-refractivity contribution < 1.29 is 4.79 Å². The summed E-state index contributed by atoms with van der Waals surface area (Å²) in [6.07, 6.45) is 2.06. The molecular weight excluding hydrogens is 300 g/mol. The maximum absolute atomic E-state index is 12.5. The Balaban J connectivity index is 1.60. The molecule has 2 heterocycles. The van der Waals surface area contributed by atoms with Gasteiger partial charge in [-0.1, -0.05) is 18.2 Å². The largest absolute Gasteiger partial charge is 0.361 e. The molecule has 0 atom stereocenters. The third-order valence-electron chi connectivity index (χ3n) is 4.01. The van der Waals surface area contributed by atoms with Gasteiger partial charge in [0.15, 0.2) is 11.6 Å². The molecule has 24 heavy (non-hydrogen) atoms. The van der Waals surface area contributed by atoms with Crippen LogP contribution in [0.1, 0.15) is 22.0 Å². The Labute approximate surface area is 139 Å². The van der Waals surface area contributed by atoms with Gasteiger partial charge in [-0.05, 0) is 43.3 Å². The van der Waals surface area contributed by atoms with Gasteiger partial charge in [-0.2, -0.15) is 5.10 Å². The fourth-order valence-electron chi connectivity index (χ4n) is 2.81. The highest BCUT2D eigenvalue weighted by Crippen LogP contribution is 2.16. The number of nitrogens with one attached hydrogen (secondary N) is 1. The van der Waals surface area contributed by atoms with Crippen LogP contribution in [0.15, 0.2) is 60.8 Å². The number of nitrogens with zero attached hydrogens (tertiary/aromatic N) is 3. The van der Waals surface area contributed by atoms with Gasteiger partial charge in [-0.3, -0.25) is 4.79 Å². The molecule has 0 amide bonds. The molecule has 5 heteroatoms. The summed E-state index contributed by atoms with van der Waals surface area (Å²) in [6.45, 7) is 1.89. The van der Waals surface area contributed by atoms with E-state index in [1.807, 2.05) is 67.7 Å². The van der Waals surface area contributed by atoms with Crippen LogP contribution >= 0.6 is 0 Å². The zero-order chi connectivity index (χ0) is 16.5. The summed E-state index contributed by atoms with van der Waals surface area (Å²) >= 11 is 0. The van der Waals surface area contributed by atoms with Gasteiger partial charge in [0, 0.05) is 22.7 Å². The van der Waals surface area contributed by atoms with Crippen molar-refractivity contribution >= 4 is 16.7 Å². The fourth-order valence-corrected chi connectivity index (χ4v) is 2.81. The molecule has 1 N–H and O–H groups in total. The number of hydrogen-bond donors (Lipinski definition) is 1. The molecule has 4 aromatic rings. The van der Waals surface area contributed by atoms with Crippen LogP contribution < -0.4 is 0 Å². The number of aromatic amines is 1. The first-order valence-corrected chi connectivity index (χ1v) is 7.79. The van der Waals surface area contributed by atoms with Gasteiger partial charge < -0.3 is 4.98 Å². The second-order valence-electron chi connectivity index (χ2n) is 5.70. The van der Waals surface area contributed by atoms with E-state index in [0.717, 1.165) is 22.4 Å². The minimum absolute atomic E-state index is 0.0170. The highest BCUT2D eigenvalue weighted by atomic mass is 16.1. The average molecular weight is 316 g/mol. The summed E-state index contributed by atoms with van der Waals surface area (Å²) in [4.78, 5) is 20.1. The molecule has 0 spiro atoms. The number of rotatable bonds is 4. The predicted molar refractivity (Wildman–Crippen MR) is 92.4 cm³/mol. The normalized spacial score (nSPS) is 11.0. The maximum atomic E-state index is 12.5. The number of Topliss-reactive ketones (excluding diaryl/α,β-unsaturated/α-hetero) is 1. The van der Waals surface area contributed by atoms with Crippen molar-refractivity contribution in [2.45, 2.75) is 13.3 Å². The van der Waals surface area contributed by atoms with Gasteiger partial charge in [-0.15, -0.1) is 0 Å². The average Bonchev–Trinajstić information content (AvgIpc) is 3.21. The number of aryl methyl sites for hydroxylation is 1. The number of aromatic nitrogens is 4. The van der Waals surface area contributed by atoms with Crippen molar-refractivity contribution in [1.29, 1.82) is 0 Å². The van der Waals surface area contributed by atoms with E-state index in [1.165, 1.54) is 0 Å². The van der Waals surface area contributed by atoms with E-state index in [-0.39, 0.29) is 12.2 Å². The van der Waals surface area contributed by atoms with Gasteiger partial charge in [0.05, 0.1) is 12.1 Å². The Bertz CT molecular complexity index is 1010. The third kappa shape index (κ3) is 2.60. The van der Waals surface area contributed by atoms with E-state index in [0.29, 0.717) is 11.4 Å². The molecular formula is C19H16N4O. The van der Waals surface area contributed by atoms with Crippen molar-refractivity contribution in [3.63, 3.8) is 0 Å². The summed E-state index contributed by atoms with van der Waals surface area (Å²) in [5, 5.41) is 5.50. The van der Waals surface area contributed by atoms with Gasteiger partial charge in [0.25, 0.3) is 0 Å². The molecule has 0 aliphatic carbocycles. The van der Waals surface area contributed by atoms with Crippen molar-refractivity contribution in [2.75, 3.05) is 0 Å². The smallest absolute Gasteiger partial charge is 0.170 e. The number of ketones is 1. The first-order valence-electron chi connectivity index (χ1n) is 7.79. The molecule has 5 nitrogen and oxygen atoms in total. The molecule has 0 bridgehead atoms. The summed E-state index contributed by atoms with van der Waals surface area (Å²) < 4.78 is 1.76. The van der Waals surface area contributed by atoms with Gasteiger partial charge in [-0.25, -0.2) is 9.67 Å². The molecule has 0 aliphatic rings. The summed E-state index contributed by atoms with van der Waals surface area (Å²) in [5.74, 6) is 1.32. The number of carbonyl (C=O) groups is 1. The van der Waals surface area contributed by atoms with Crippen molar-refractivity contribution in [3.05, 3.63) is 78.0 Å². The molecule has 0 aliphatic heterocycles. The van der Waals surface area contributed by atoms with Crippen LogP contribution in [0.2, 0.25) is 0 Å². The Hall–Kier alpha value is -3.21. The summed E-state index contributed by atoms with van der Waals surface area (Å²) in [6, 6.07) is 17.4. The number of benzene rings is 2. The van der Waals surface area contributed by atoms with E-state index >= 15 is 0 Å². The van der Waals surface area contributed by atoms with Crippen LogP contribution in [-0.2, 0) is 6.42 Å². The molecule has 0 saturated carbocycles. The number of para-hydroxylation sites is 1.